The summed E-state index contributed by atoms with van der Waals surface area (Å²) in [6, 6.07) is 17.4. The second-order valence-corrected chi connectivity index (χ2v) is 7.66. The smallest absolute Gasteiger partial charge is 0.191 e. The summed E-state index contributed by atoms with van der Waals surface area (Å²) >= 11 is 0. The maximum absolute atomic E-state index is 5.43. The van der Waals surface area contributed by atoms with Crippen LogP contribution < -0.4 is 15.5 Å². The molecule has 1 unspecified atom stereocenters. The van der Waals surface area contributed by atoms with Gasteiger partial charge in [-0.05, 0) is 43.0 Å². The van der Waals surface area contributed by atoms with Crippen molar-refractivity contribution in [2.75, 3.05) is 44.3 Å². The summed E-state index contributed by atoms with van der Waals surface area (Å²) in [5.41, 5.74) is 5.13. The molecule has 1 heterocycles. The van der Waals surface area contributed by atoms with Crippen molar-refractivity contribution in [3.63, 3.8) is 0 Å². The third kappa shape index (κ3) is 7.47. The molecule has 2 N–H and O–H groups in total. The summed E-state index contributed by atoms with van der Waals surface area (Å²) in [7, 11) is 0. The number of guanidine groups is 1. The van der Waals surface area contributed by atoms with E-state index in [1.807, 2.05) is 0 Å². The Kier molecular flexibility index (Phi) is 10.4. The van der Waals surface area contributed by atoms with Crippen LogP contribution in [-0.2, 0) is 11.3 Å². The van der Waals surface area contributed by atoms with Crippen molar-refractivity contribution in [1.29, 1.82) is 0 Å². The van der Waals surface area contributed by atoms with E-state index in [2.05, 4.69) is 84.8 Å². The van der Waals surface area contributed by atoms with Crippen LogP contribution in [0.15, 0.2) is 53.5 Å². The van der Waals surface area contributed by atoms with E-state index >= 15 is 0 Å². The third-order valence-electron chi connectivity index (χ3n) is 5.26. The highest BCUT2D eigenvalue weighted by Crippen LogP contribution is 2.17. The van der Waals surface area contributed by atoms with Crippen molar-refractivity contribution in [1.82, 2.24) is 10.6 Å². The average Bonchev–Trinajstić information content (AvgIpc) is 2.76. The Bertz CT molecular complexity index is 788. The van der Waals surface area contributed by atoms with Gasteiger partial charge in [0.1, 0.15) is 0 Å². The number of morpholine rings is 1. The van der Waals surface area contributed by atoms with Gasteiger partial charge in [0, 0.05) is 31.9 Å². The van der Waals surface area contributed by atoms with Crippen LogP contribution in [0.3, 0.4) is 0 Å². The van der Waals surface area contributed by atoms with Crippen molar-refractivity contribution in [3.05, 3.63) is 65.2 Å². The zero-order valence-corrected chi connectivity index (χ0v) is 20.7. The molecule has 6 heteroatoms. The molecule has 1 saturated heterocycles. The van der Waals surface area contributed by atoms with Gasteiger partial charge >= 0.3 is 0 Å². The normalized spacial score (nSPS) is 15.3. The molecule has 1 aliphatic heterocycles. The number of nitrogens with one attached hydrogen (secondary N) is 2. The second-order valence-electron chi connectivity index (χ2n) is 7.66. The first-order chi connectivity index (χ1) is 14.2. The monoisotopic (exact) mass is 522 g/mol. The minimum atomic E-state index is 0. The molecule has 2 aromatic carbocycles. The van der Waals surface area contributed by atoms with Crippen molar-refractivity contribution in [2.24, 2.45) is 4.99 Å². The number of ether oxygens (including phenoxy) is 1. The van der Waals surface area contributed by atoms with Gasteiger partial charge in [-0.1, -0.05) is 48.9 Å². The fourth-order valence-corrected chi connectivity index (χ4v) is 3.49. The lowest BCUT2D eigenvalue weighted by Gasteiger charge is -2.28. The van der Waals surface area contributed by atoms with E-state index in [1.165, 1.54) is 22.4 Å². The molecular weight excluding hydrogens is 487 g/mol. The first kappa shape index (κ1) is 24.5. The van der Waals surface area contributed by atoms with Crippen LogP contribution >= 0.6 is 24.0 Å². The molecule has 0 aromatic heterocycles. The molecular formula is C24H35IN4O. The minimum Gasteiger partial charge on any atom is -0.378 e. The first-order valence-corrected chi connectivity index (χ1v) is 10.7. The zero-order valence-electron chi connectivity index (χ0n) is 18.4. The summed E-state index contributed by atoms with van der Waals surface area (Å²) in [5, 5.41) is 6.84. The van der Waals surface area contributed by atoms with Gasteiger partial charge in [-0.15, -0.1) is 24.0 Å². The summed E-state index contributed by atoms with van der Waals surface area (Å²) in [5.74, 6) is 1.29. The van der Waals surface area contributed by atoms with E-state index in [1.54, 1.807) is 0 Å². The molecule has 30 heavy (non-hydrogen) atoms. The lowest BCUT2D eigenvalue weighted by molar-refractivity contribution is 0.122. The van der Waals surface area contributed by atoms with E-state index in [0.717, 1.165) is 45.4 Å². The molecule has 0 amide bonds. The van der Waals surface area contributed by atoms with Gasteiger partial charge < -0.3 is 20.3 Å². The topological polar surface area (TPSA) is 48.9 Å². The summed E-state index contributed by atoms with van der Waals surface area (Å²) < 4.78 is 5.43. The predicted octanol–water partition coefficient (Wildman–Crippen LogP) is 4.31. The zero-order chi connectivity index (χ0) is 20.5. The van der Waals surface area contributed by atoms with Gasteiger partial charge in [0.25, 0.3) is 0 Å². The maximum atomic E-state index is 5.43. The summed E-state index contributed by atoms with van der Waals surface area (Å²) in [6.45, 7) is 12.4. The molecule has 5 nitrogen and oxygen atoms in total. The van der Waals surface area contributed by atoms with Crippen LogP contribution in [-0.4, -0.2) is 45.4 Å². The van der Waals surface area contributed by atoms with Crippen LogP contribution in [0.5, 0.6) is 0 Å². The number of aliphatic imine (C=N–C) groups is 1. The molecule has 1 aliphatic rings. The Labute approximate surface area is 198 Å². The van der Waals surface area contributed by atoms with Crippen molar-refractivity contribution >= 4 is 35.6 Å². The predicted molar refractivity (Wildman–Crippen MR) is 137 cm³/mol. The van der Waals surface area contributed by atoms with Gasteiger partial charge in [0.15, 0.2) is 5.96 Å². The lowest BCUT2D eigenvalue weighted by atomic mass is 9.99. The number of anilines is 1. The number of hydrogen-bond acceptors (Lipinski definition) is 3. The van der Waals surface area contributed by atoms with E-state index < -0.39 is 0 Å². The molecule has 1 fully saturated rings. The fourth-order valence-electron chi connectivity index (χ4n) is 3.49. The van der Waals surface area contributed by atoms with Gasteiger partial charge in [-0.2, -0.15) is 0 Å². The van der Waals surface area contributed by atoms with Gasteiger partial charge in [0.2, 0.25) is 0 Å². The molecule has 0 aliphatic carbocycles. The van der Waals surface area contributed by atoms with Crippen LogP contribution in [0.2, 0.25) is 0 Å². The Morgan fingerprint density at radius 3 is 2.50 bits per heavy atom. The highest BCUT2D eigenvalue weighted by molar-refractivity contribution is 14.0. The van der Waals surface area contributed by atoms with Gasteiger partial charge in [-0.25, -0.2) is 4.99 Å². The summed E-state index contributed by atoms with van der Waals surface area (Å²) in [6.07, 6.45) is 0. The Balaban J connectivity index is 0.00000320. The van der Waals surface area contributed by atoms with E-state index in [4.69, 9.17) is 9.73 Å². The number of nitrogens with zero attached hydrogens (tertiary/aromatic N) is 2. The Morgan fingerprint density at radius 2 is 1.83 bits per heavy atom. The van der Waals surface area contributed by atoms with E-state index in [0.29, 0.717) is 12.5 Å². The molecule has 0 spiro atoms. The van der Waals surface area contributed by atoms with Crippen LogP contribution in [0.25, 0.3) is 0 Å². The van der Waals surface area contributed by atoms with Crippen LogP contribution in [0.4, 0.5) is 5.69 Å². The number of halogens is 1. The highest BCUT2D eigenvalue weighted by atomic mass is 127. The first-order valence-electron chi connectivity index (χ1n) is 10.7. The number of hydrogen-bond donors (Lipinski definition) is 2. The Hall–Kier alpha value is -1.80. The standard InChI is InChI=1S/C24H34N4O.HI/c1-4-25-24(26-17-20(3)22-7-5-6-19(2)16-22)27-18-21-8-10-23(11-9-21)28-12-14-29-15-13-28;/h5-11,16,20H,4,12-15,17-18H2,1-3H3,(H2,25,26,27);1H. The van der Waals surface area contributed by atoms with Crippen molar-refractivity contribution in [2.45, 2.75) is 33.2 Å². The largest absolute Gasteiger partial charge is 0.378 e. The van der Waals surface area contributed by atoms with E-state index in [9.17, 15) is 0 Å². The quantitative estimate of drug-likeness (QED) is 0.324. The van der Waals surface area contributed by atoms with Gasteiger partial charge in [-0.3, -0.25) is 0 Å². The fraction of sp³-hybridized carbons (Fsp3) is 0.458. The Morgan fingerprint density at radius 1 is 1.10 bits per heavy atom. The number of aryl methyl sites for hydroxylation is 1. The van der Waals surface area contributed by atoms with E-state index in [-0.39, 0.29) is 24.0 Å². The SMILES string of the molecule is CCNC(=NCc1ccc(N2CCOCC2)cc1)NCC(C)c1cccc(C)c1.I. The summed E-state index contributed by atoms with van der Waals surface area (Å²) in [4.78, 5) is 7.14. The molecule has 0 bridgehead atoms. The van der Waals surface area contributed by atoms with Crippen LogP contribution in [0, 0.1) is 6.92 Å². The molecule has 0 radical (unpaired) electrons. The minimum absolute atomic E-state index is 0. The van der Waals surface area contributed by atoms with Gasteiger partial charge in [0.05, 0.1) is 19.8 Å². The third-order valence-corrected chi connectivity index (χ3v) is 5.26. The second kappa shape index (κ2) is 12.8. The molecule has 164 valence electrons. The molecule has 3 rings (SSSR count). The average molecular weight is 522 g/mol. The van der Waals surface area contributed by atoms with Crippen LogP contribution in [0.1, 0.15) is 36.5 Å². The highest BCUT2D eigenvalue weighted by Gasteiger charge is 2.11. The molecule has 2 aromatic rings. The maximum Gasteiger partial charge on any atom is 0.191 e. The number of benzene rings is 2. The molecule has 0 saturated carbocycles. The number of rotatable bonds is 7. The van der Waals surface area contributed by atoms with Crippen molar-refractivity contribution < 1.29 is 4.74 Å². The molecule has 1 atom stereocenters. The van der Waals surface area contributed by atoms with Crippen molar-refractivity contribution in [3.8, 4) is 0 Å². The lowest BCUT2D eigenvalue weighted by Crippen LogP contribution is -2.39.